The fourth-order valence-electron chi connectivity index (χ4n) is 1.26. The zero-order chi connectivity index (χ0) is 11.4. The van der Waals surface area contributed by atoms with Crippen LogP contribution in [0.3, 0.4) is 0 Å². The third-order valence-corrected chi connectivity index (χ3v) is 1.96. The lowest BCUT2D eigenvalue weighted by atomic mass is 10.1. The minimum Gasteiger partial charge on any atom is -0.492 e. The Balaban J connectivity index is 3.35. The Morgan fingerprint density at radius 3 is 2.40 bits per heavy atom. The van der Waals surface area contributed by atoms with Gasteiger partial charge in [-0.2, -0.15) is 0 Å². The van der Waals surface area contributed by atoms with E-state index < -0.39 is 5.82 Å². The average Bonchev–Trinajstić information content (AvgIpc) is 2.27. The Morgan fingerprint density at radius 2 is 1.93 bits per heavy atom. The second kappa shape index (κ2) is 4.75. The van der Waals surface area contributed by atoms with E-state index in [1.165, 1.54) is 20.3 Å². The third kappa shape index (κ3) is 2.07. The van der Waals surface area contributed by atoms with E-state index in [1.807, 2.05) is 0 Å². The van der Waals surface area contributed by atoms with Crippen LogP contribution in [-0.4, -0.2) is 26.5 Å². The van der Waals surface area contributed by atoms with Gasteiger partial charge >= 0.3 is 0 Å². The van der Waals surface area contributed by atoms with Gasteiger partial charge in [0, 0.05) is 0 Å². The number of Topliss-reactive ketones (excluding diaryl/α,β-unsaturated/α-hetero) is 1. The van der Waals surface area contributed by atoms with E-state index in [1.54, 1.807) is 0 Å². The largest absolute Gasteiger partial charge is 0.492 e. The van der Waals surface area contributed by atoms with Crippen LogP contribution in [0.5, 0.6) is 11.5 Å². The molecule has 15 heavy (non-hydrogen) atoms. The van der Waals surface area contributed by atoms with Crippen LogP contribution in [0.4, 0.5) is 4.39 Å². The lowest BCUT2D eigenvalue weighted by Gasteiger charge is -2.11. The molecule has 0 fully saturated rings. The minimum absolute atomic E-state index is 0.0768. The Bertz CT molecular complexity index is 379. The zero-order valence-electron chi connectivity index (χ0n) is 8.54. The summed E-state index contributed by atoms with van der Waals surface area (Å²) in [4.78, 5) is 11.4. The molecule has 0 aliphatic carbocycles. The predicted molar refractivity (Wildman–Crippen MR) is 52.9 cm³/mol. The minimum atomic E-state index is -0.581. The SMILES string of the molecule is COc1c(F)ccc(C(=O)CN)c1OC. The van der Waals surface area contributed by atoms with Crippen LogP contribution in [0.1, 0.15) is 10.4 Å². The summed E-state index contributed by atoms with van der Waals surface area (Å²) in [6.07, 6.45) is 0. The van der Waals surface area contributed by atoms with Gasteiger partial charge in [0.05, 0.1) is 26.3 Å². The summed E-state index contributed by atoms with van der Waals surface area (Å²) in [6.45, 7) is -0.162. The molecule has 82 valence electrons. The maximum Gasteiger partial charge on any atom is 0.197 e. The van der Waals surface area contributed by atoms with Crippen LogP contribution in [0, 0.1) is 5.82 Å². The number of hydrogen-bond acceptors (Lipinski definition) is 4. The van der Waals surface area contributed by atoms with Gasteiger partial charge in [-0.1, -0.05) is 0 Å². The van der Waals surface area contributed by atoms with Crippen molar-refractivity contribution in [3.63, 3.8) is 0 Å². The topological polar surface area (TPSA) is 61.5 Å². The summed E-state index contributed by atoms with van der Waals surface area (Å²) in [5.74, 6) is -0.919. The Labute approximate surface area is 86.8 Å². The molecule has 4 nitrogen and oxygen atoms in total. The molecule has 0 aliphatic heterocycles. The zero-order valence-corrected chi connectivity index (χ0v) is 8.54. The molecule has 0 bridgehead atoms. The number of carbonyl (C=O) groups excluding carboxylic acids is 1. The second-order valence-corrected chi connectivity index (χ2v) is 2.79. The highest BCUT2D eigenvalue weighted by Crippen LogP contribution is 2.33. The fourth-order valence-corrected chi connectivity index (χ4v) is 1.26. The van der Waals surface area contributed by atoms with Crippen molar-refractivity contribution in [1.82, 2.24) is 0 Å². The summed E-state index contributed by atoms with van der Waals surface area (Å²) in [5, 5.41) is 0. The maximum atomic E-state index is 13.2. The van der Waals surface area contributed by atoms with Gasteiger partial charge < -0.3 is 15.2 Å². The number of rotatable bonds is 4. The molecular weight excluding hydrogens is 201 g/mol. The van der Waals surface area contributed by atoms with Crippen molar-refractivity contribution in [2.75, 3.05) is 20.8 Å². The monoisotopic (exact) mass is 213 g/mol. The van der Waals surface area contributed by atoms with E-state index in [9.17, 15) is 9.18 Å². The molecule has 0 aliphatic rings. The van der Waals surface area contributed by atoms with Gasteiger partial charge in [0.25, 0.3) is 0 Å². The van der Waals surface area contributed by atoms with E-state index in [0.717, 1.165) is 6.07 Å². The maximum absolute atomic E-state index is 13.2. The normalized spacial score (nSPS) is 9.87. The number of benzene rings is 1. The van der Waals surface area contributed by atoms with Crippen molar-refractivity contribution < 1.29 is 18.7 Å². The number of halogens is 1. The smallest absolute Gasteiger partial charge is 0.197 e. The van der Waals surface area contributed by atoms with Gasteiger partial charge in [-0.05, 0) is 12.1 Å². The van der Waals surface area contributed by atoms with Crippen molar-refractivity contribution in [3.8, 4) is 11.5 Å². The van der Waals surface area contributed by atoms with E-state index >= 15 is 0 Å². The summed E-state index contributed by atoms with van der Waals surface area (Å²) in [5.41, 5.74) is 5.44. The molecule has 1 aromatic rings. The first-order valence-electron chi connectivity index (χ1n) is 4.29. The second-order valence-electron chi connectivity index (χ2n) is 2.79. The molecule has 1 aromatic carbocycles. The van der Waals surface area contributed by atoms with Crippen molar-refractivity contribution in [1.29, 1.82) is 0 Å². The molecule has 0 atom stereocenters. The Hall–Kier alpha value is -1.62. The molecule has 0 heterocycles. The van der Waals surface area contributed by atoms with Crippen LogP contribution >= 0.6 is 0 Å². The van der Waals surface area contributed by atoms with Gasteiger partial charge in [-0.25, -0.2) is 4.39 Å². The predicted octanol–water partition coefficient (Wildman–Crippen LogP) is 0.984. The summed E-state index contributed by atoms with van der Waals surface area (Å²) >= 11 is 0. The molecule has 0 amide bonds. The molecule has 2 N–H and O–H groups in total. The molecule has 0 saturated carbocycles. The number of nitrogens with two attached hydrogens (primary N) is 1. The van der Waals surface area contributed by atoms with Crippen LogP contribution in [0.15, 0.2) is 12.1 Å². The third-order valence-electron chi connectivity index (χ3n) is 1.96. The number of hydrogen-bond donors (Lipinski definition) is 1. The highest BCUT2D eigenvalue weighted by molar-refractivity contribution is 6.00. The lowest BCUT2D eigenvalue weighted by molar-refractivity contribution is 0.0997. The average molecular weight is 213 g/mol. The van der Waals surface area contributed by atoms with E-state index in [2.05, 4.69) is 0 Å². The van der Waals surface area contributed by atoms with E-state index in [-0.39, 0.29) is 29.4 Å². The van der Waals surface area contributed by atoms with Gasteiger partial charge in [0.1, 0.15) is 0 Å². The van der Waals surface area contributed by atoms with E-state index in [4.69, 9.17) is 15.2 Å². The van der Waals surface area contributed by atoms with E-state index in [0.29, 0.717) is 0 Å². The van der Waals surface area contributed by atoms with Crippen molar-refractivity contribution in [2.24, 2.45) is 5.73 Å². The van der Waals surface area contributed by atoms with Gasteiger partial charge in [-0.3, -0.25) is 4.79 Å². The number of carbonyl (C=O) groups is 1. The molecule has 0 unspecified atom stereocenters. The summed E-state index contributed by atoms with van der Waals surface area (Å²) in [6, 6.07) is 2.47. The first-order valence-corrected chi connectivity index (χ1v) is 4.29. The quantitative estimate of drug-likeness (QED) is 0.757. The summed E-state index contributed by atoms with van der Waals surface area (Å²) < 4.78 is 23.0. The van der Waals surface area contributed by atoms with Crippen LogP contribution < -0.4 is 15.2 Å². The lowest BCUT2D eigenvalue weighted by Crippen LogP contribution is -2.15. The standard InChI is InChI=1S/C10H12FNO3/c1-14-9-6(8(13)5-12)3-4-7(11)10(9)15-2/h3-4H,5,12H2,1-2H3. The summed E-state index contributed by atoms with van der Waals surface area (Å²) in [7, 11) is 2.64. The molecule has 0 spiro atoms. The van der Waals surface area contributed by atoms with Gasteiger partial charge in [0.2, 0.25) is 0 Å². The molecule has 0 aromatic heterocycles. The van der Waals surface area contributed by atoms with Crippen LogP contribution in [0.2, 0.25) is 0 Å². The first kappa shape index (κ1) is 11.5. The highest BCUT2D eigenvalue weighted by Gasteiger charge is 2.18. The molecular formula is C10H12FNO3. The fraction of sp³-hybridized carbons (Fsp3) is 0.300. The highest BCUT2D eigenvalue weighted by atomic mass is 19.1. The number of ketones is 1. The van der Waals surface area contributed by atoms with Gasteiger partial charge in [0.15, 0.2) is 23.1 Å². The first-order chi connectivity index (χ1) is 7.15. The van der Waals surface area contributed by atoms with Gasteiger partial charge in [-0.15, -0.1) is 0 Å². The van der Waals surface area contributed by atoms with Crippen LogP contribution in [0.25, 0.3) is 0 Å². The number of ether oxygens (including phenoxy) is 2. The Morgan fingerprint density at radius 1 is 1.33 bits per heavy atom. The Kier molecular flexibility index (Phi) is 3.62. The molecule has 0 radical (unpaired) electrons. The van der Waals surface area contributed by atoms with Crippen molar-refractivity contribution in [3.05, 3.63) is 23.5 Å². The van der Waals surface area contributed by atoms with Crippen LogP contribution in [-0.2, 0) is 0 Å². The molecule has 5 heteroatoms. The number of methoxy groups -OCH3 is 2. The van der Waals surface area contributed by atoms with Crippen molar-refractivity contribution >= 4 is 5.78 Å². The molecule has 1 rings (SSSR count). The van der Waals surface area contributed by atoms with Crippen molar-refractivity contribution in [2.45, 2.75) is 0 Å². The molecule has 0 saturated heterocycles.